The number of hydrogen-bond donors (Lipinski definition) is 2. The number of hydrogen-bond acceptors (Lipinski definition) is 4. The molecule has 0 aliphatic carbocycles. The predicted octanol–water partition coefficient (Wildman–Crippen LogP) is 3.14. The molecule has 1 saturated heterocycles. The lowest BCUT2D eigenvalue weighted by Crippen LogP contribution is -2.49. The fourth-order valence-electron chi connectivity index (χ4n) is 3.43. The molecule has 28 heavy (non-hydrogen) atoms. The van der Waals surface area contributed by atoms with Crippen LogP contribution in [0.3, 0.4) is 0 Å². The molecule has 1 aliphatic rings. The monoisotopic (exact) mass is 390 g/mol. The maximum Gasteiger partial charge on any atom is 0.191 e. The van der Waals surface area contributed by atoms with Crippen LogP contribution in [0.5, 0.6) is 11.5 Å². The molecule has 0 unspecified atom stereocenters. The highest BCUT2D eigenvalue weighted by atomic mass is 16.5. The Balaban J connectivity index is 1.70. The Morgan fingerprint density at radius 1 is 1.25 bits per heavy atom. The van der Waals surface area contributed by atoms with Crippen molar-refractivity contribution in [2.75, 3.05) is 46.4 Å². The Bertz CT molecular complexity index is 584. The second-order valence-electron chi connectivity index (χ2n) is 7.75. The van der Waals surface area contributed by atoms with Gasteiger partial charge in [0.2, 0.25) is 0 Å². The quantitative estimate of drug-likeness (QED) is 0.365. The van der Waals surface area contributed by atoms with Crippen LogP contribution in [0.15, 0.2) is 29.3 Å². The van der Waals surface area contributed by atoms with Crippen LogP contribution in [-0.2, 0) is 0 Å². The van der Waals surface area contributed by atoms with Crippen molar-refractivity contribution in [2.24, 2.45) is 10.9 Å². The molecule has 0 saturated carbocycles. The van der Waals surface area contributed by atoms with Gasteiger partial charge in [-0.1, -0.05) is 19.9 Å². The number of nitrogens with one attached hydrogen (secondary N) is 2. The molecule has 2 N–H and O–H groups in total. The van der Waals surface area contributed by atoms with E-state index in [9.17, 15) is 0 Å². The van der Waals surface area contributed by atoms with Crippen molar-refractivity contribution in [2.45, 2.75) is 46.1 Å². The highest BCUT2D eigenvalue weighted by molar-refractivity contribution is 5.80. The van der Waals surface area contributed by atoms with Crippen LogP contribution in [0.1, 0.15) is 40.0 Å². The van der Waals surface area contributed by atoms with Gasteiger partial charge in [-0.05, 0) is 37.8 Å². The molecule has 158 valence electrons. The fourth-order valence-corrected chi connectivity index (χ4v) is 3.43. The molecule has 0 bridgehead atoms. The number of rotatable bonds is 10. The number of nitrogens with zero attached hydrogens (tertiary/aromatic N) is 2. The van der Waals surface area contributed by atoms with Gasteiger partial charge < -0.3 is 25.0 Å². The zero-order valence-electron chi connectivity index (χ0n) is 18.0. The summed E-state index contributed by atoms with van der Waals surface area (Å²) in [5.41, 5.74) is 0. The summed E-state index contributed by atoms with van der Waals surface area (Å²) in [5, 5.41) is 6.97. The maximum atomic E-state index is 5.79. The van der Waals surface area contributed by atoms with Crippen LogP contribution in [0.4, 0.5) is 0 Å². The first-order chi connectivity index (χ1) is 13.6. The predicted molar refractivity (Wildman–Crippen MR) is 117 cm³/mol. The molecular formula is C22H38N4O2. The van der Waals surface area contributed by atoms with Crippen LogP contribution in [0.25, 0.3) is 0 Å². The minimum atomic E-state index is 0.509. The van der Waals surface area contributed by atoms with Gasteiger partial charge in [-0.25, -0.2) is 0 Å². The Labute approximate surface area is 170 Å². The standard InChI is InChI=1S/C22H38N4O2/c1-5-23-22(25-19-10-13-26(14-11-19)17-18(2)3)24-12-7-15-28-21-9-6-8-20(16-21)27-4/h6,8-9,16,18-19H,5,7,10-15,17H2,1-4H3,(H2,23,24,25). The summed E-state index contributed by atoms with van der Waals surface area (Å²) < 4.78 is 11.0. The number of methoxy groups -OCH3 is 1. The smallest absolute Gasteiger partial charge is 0.191 e. The van der Waals surface area contributed by atoms with Crippen molar-refractivity contribution in [3.05, 3.63) is 24.3 Å². The van der Waals surface area contributed by atoms with Gasteiger partial charge in [-0.2, -0.15) is 0 Å². The lowest BCUT2D eigenvalue weighted by Gasteiger charge is -2.34. The summed E-state index contributed by atoms with van der Waals surface area (Å²) >= 11 is 0. The molecular weight excluding hydrogens is 352 g/mol. The van der Waals surface area contributed by atoms with Crippen molar-refractivity contribution in [3.8, 4) is 11.5 Å². The van der Waals surface area contributed by atoms with E-state index in [1.54, 1.807) is 7.11 Å². The van der Waals surface area contributed by atoms with E-state index in [1.807, 2.05) is 24.3 Å². The molecule has 2 rings (SSSR count). The average molecular weight is 391 g/mol. The molecule has 6 heteroatoms. The molecule has 1 aromatic rings. The molecule has 1 heterocycles. The van der Waals surface area contributed by atoms with Gasteiger partial charge in [0.15, 0.2) is 5.96 Å². The Kier molecular flexibility index (Phi) is 9.97. The van der Waals surface area contributed by atoms with Gasteiger partial charge >= 0.3 is 0 Å². The third-order valence-electron chi connectivity index (χ3n) is 4.78. The van der Waals surface area contributed by atoms with E-state index in [0.717, 1.165) is 42.9 Å². The van der Waals surface area contributed by atoms with E-state index < -0.39 is 0 Å². The van der Waals surface area contributed by atoms with Gasteiger partial charge in [0.1, 0.15) is 11.5 Å². The topological polar surface area (TPSA) is 58.1 Å². The number of benzene rings is 1. The SMILES string of the molecule is CCNC(=NCCCOc1cccc(OC)c1)NC1CCN(CC(C)C)CC1. The zero-order valence-corrected chi connectivity index (χ0v) is 18.0. The van der Waals surface area contributed by atoms with E-state index in [4.69, 9.17) is 14.5 Å². The summed E-state index contributed by atoms with van der Waals surface area (Å²) in [4.78, 5) is 7.29. The lowest BCUT2D eigenvalue weighted by molar-refractivity contribution is 0.187. The molecule has 1 aromatic carbocycles. The first-order valence-electron chi connectivity index (χ1n) is 10.6. The van der Waals surface area contributed by atoms with Gasteiger partial charge in [0.05, 0.1) is 13.7 Å². The molecule has 6 nitrogen and oxygen atoms in total. The largest absolute Gasteiger partial charge is 0.497 e. The van der Waals surface area contributed by atoms with E-state index >= 15 is 0 Å². The summed E-state index contributed by atoms with van der Waals surface area (Å²) in [6.07, 6.45) is 3.23. The zero-order chi connectivity index (χ0) is 20.2. The summed E-state index contributed by atoms with van der Waals surface area (Å²) in [5.74, 6) is 3.31. The van der Waals surface area contributed by atoms with Crippen molar-refractivity contribution in [1.82, 2.24) is 15.5 Å². The van der Waals surface area contributed by atoms with Crippen molar-refractivity contribution in [1.29, 1.82) is 0 Å². The van der Waals surface area contributed by atoms with Crippen LogP contribution in [-0.4, -0.2) is 63.3 Å². The number of guanidine groups is 1. The summed E-state index contributed by atoms with van der Waals surface area (Å²) in [7, 11) is 1.66. The molecule has 1 fully saturated rings. The number of aliphatic imine (C=N–C) groups is 1. The second-order valence-corrected chi connectivity index (χ2v) is 7.75. The van der Waals surface area contributed by atoms with Gasteiger partial charge in [0, 0.05) is 51.3 Å². The minimum Gasteiger partial charge on any atom is -0.497 e. The molecule has 0 radical (unpaired) electrons. The van der Waals surface area contributed by atoms with Crippen LogP contribution in [0.2, 0.25) is 0 Å². The van der Waals surface area contributed by atoms with Crippen molar-refractivity contribution < 1.29 is 9.47 Å². The Morgan fingerprint density at radius 3 is 2.68 bits per heavy atom. The Morgan fingerprint density at radius 2 is 2.00 bits per heavy atom. The highest BCUT2D eigenvalue weighted by Gasteiger charge is 2.20. The van der Waals surface area contributed by atoms with Gasteiger partial charge in [-0.15, -0.1) is 0 Å². The maximum absolute atomic E-state index is 5.79. The molecule has 0 amide bonds. The van der Waals surface area contributed by atoms with Crippen molar-refractivity contribution >= 4 is 5.96 Å². The molecule has 1 aliphatic heterocycles. The second kappa shape index (κ2) is 12.5. The summed E-state index contributed by atoms with van der Waals surface area (Å²) in [6.45, 7) is 12.5. The number of likely N-dealkylation sites (tertiary alicyclic amines) is 1. The van der Waals surface area contributed by atoms with Crippen LogP contribution < -0.4 is 20.1 Å². The molecule has 0 spiro atoms. The van der Waals surface area contributed by atoms with Gasteiger partial charge in [-0.3, -0.25) is 4.99 Å². The lowest BCUT2D eigenvalue weighted by atomic mass is 10.0. The van der Waals surface area contributed by atoms with E-state index in [0.29, 0.717) is 12.6 Å². The van der Waals surface area contributed by atoms with Crippen molar-refractivity contribution in [3.63, 3.8) is 0 Å². The third-order valence-corrected chi connectivity index (χ3v) is 4.78. The third kappa shape index (κ3) is 8.38. The summed E-state index contributed by atoms with van der Waals surface area (Å²) in [6, 6.07) is 8.21. The van der Waals surface area contributed by atoms with Gasteiger partial charge in [0.25, 0.3) is 0 Å². The normalized spacial score (nSPS) is 16.2. The number of ether oxygens (including phenoxy) is 2. The van der Waals surface area contributed by atoms with E-state index in [1.165, 1.54) is 32.5 Å². The number of piperidine rings is 1. The first-order valence-corrected chi connectivity index (χ1v) is 10.6. The fraction of sp³-hybridized carbons (Fsp3) is 0.682. The Hall–Kier alpha value is -1.95. The van der Waals surface area contributed by atoms with Crippen LogP contribution >= 0.6 is 0 Å². The highest BCUT2D eigenvalue weighted by Crippen LogP contribution is 2.18. The average Bonchev–Trinajstić information content (AvgIpc) is 2.69. The molecule has 0 aromatic heterocycles. The van der Waals surface area contributed by atoms with Crippen LogP contribution in [0, 0.1) is 5.92 Å². The first kappa shape index (κ1) is 22.3. The van der Waals surface area contributed by atoms with E-state index in [-0.39, 0.29) is 0 Å². The molecule has 0 atom stereocenters. The van der Waals surface area contributed by atoms with E-state index in [2.05, 4.69) is 36.3 Å². The minimum absolute atomic E-state index is 0.509.